The molecule has 0 unspecified atom stereocenters. The number of rotatable bonds is 12. The molecule has 0 atom stereocenters. The Bertz CT molecular complexity index is 997. The minimum Gasteiger partial charge on any atom is -0.455 e. The van der Waals surface area contributed by atoms with Crippen LogP contribution in [0.25, 0.3) is 0 Å². The van der Waals surface area contributed by atoms with Crippen LogP contribution in [-0.4, -0.2) is 62.6 Å². The third kappa shape index (κ3) is 8.21. The number of nitro benzene ring substituents is 1. The summed E-state index contributed by atoms with van der Waals surface area (Å²) in [5, 5.41) is 28.3. The summed E-state index contributed by atoms with van der Waals surface area (Å²) >= 11 is 1.08. The van der Waals surface area contributed by atoms with Gasteiger partial charge >= 0.3 is 5.97 Å². The number of nitriles is 2. The lowest BCUT2D eigenvalue weighted by atomic mass is 10.3. The molecule has 0 bridgehead atoms. The Hall–Kier alpha value is -3.20. The van der Waals surface area contributed by atoms with Crippen molar-refractivity contribution in [3.8, 4) is 12.1 Å². The van der Waals surface area contributed by atoms with Gasteiger partial charge in [-0.1, -0.05) is 0 Å². The maximum Gasteiger partial charge on any atom is 0.321 e. The number of ether oxygens (including phenoxy) is 1. The van der Waals surface area contributed by atoms with E-state index in [1.54, 1.807) is 6.26 Å². The second-order valence-corrected chi connectivity index (χ2v) is 8.39. The Morgan fingerprint density at radius 3 is 2.39 bits per heavy atom. The molecule has 1 aromatic carbocycles. The van der Waals surface area contributed by atoms with Crippen molar-refractivity contribution in [2.24, 2.45) is 0 Å². The largest absolute Gasteiger partial charge is 0.455 e. The molecule has 1 rings (SSSR count). The summed E-state index contributed by atoms with van der Waals surface area (Å²) in [6.45, 7) is -1.37. The second kappa shape index (κ2) is 12.5. The predicted molar refractivity (Wildman–Crippen MR) is 108 cm³/mol. The van der Waals surface area contributed by atoms with Crippen molar-refractivity contribution >= 4 is 39.3 Å². The van der Waals surface area contributed by atoms with Crippen molar-refractivity contribution in [3.05, 3.63) is 28.3 Å². The first-order chi connectivity index (χ1) is 14.7. The highest BCUT2D eigenvalue weighted by molar-refractivity contribution is 7.98. The summed E-state index contributed by atoms with van der Waals surface area (Å²) in [4.78, 5) is 35.3. The van der Waals surface area contributed by atoms with Gasteiger partial charge in [-0.05, 0) is 18.4 Å². The quantitative estimate of drug-likeness (QED) is 0.199. The molecule has 12 nitrogen and oxygen atoms in total. The van der Waals surface area contributed by atoms with E-state index >= 15 is 0 Å². The molecule has 0 aliphatic rings. The molecule has 31 heavy (non-hydrogen) atoms. The van der Waals surface area contributed by atoms with Crippen molar-refractivity contribution < 1.29 is 27.7 Å². The van der Waals surface area contributed by atoms with Crippen molar-refractivity contribution in [2.75, 3.05) is 32.5 Å². The van der Waals surface area contributed by atoms with Crippen molar-refractivity contribution in [1.29, 1.82) is 10.5 Å². The molecule has 1 amide bonds. The molecule has 0 saturated heterocycles. The van der Waals surface area contributed by atoms with Crippen LogP contribution in [0, 0.1) is 32.8 Å². The van der Waals surface area contributed by atoms with Crippen LogP contribution in [-0.2, 0) is 24.3 Å². The van der Waals surface area contributed by atoms with Gasteiger partial charge in [-0.2, -0.15) is 15.2 Å². The van der Waals surface area contributed by atoms with E-state index in [2.05, 4.69) is 0 Å². The standard InChI is InChI=1S/C17H19N5O7S2/c1-30-15-5-4-13(10-14(15)22(25)26)31(27,28)20-11-17(24)29-12-16(23)21(8-2-6-18)9-3-7-19/h4-5,10,20H,2-3,8-9,11-12H2,1H3. The van der Waals surface area contributed by atoms with Crippen LogP contribution >= 0.6 is 11.8 Å². The fourth-order valence-corrected chi connectivity index (χ4v) is 3.77. The molecule has 0 aliphatic heterocycles. The number of sulfonamides is 1. The van der Waals surface area contributed by atoms with Crippen LogP contribution in [0.2, 0.25) is 0 Å². The lowest BCUT2D eigenvalue weighted by Gasteiger charge is -2.20. The summed E-state index contributed by atoms with van der Waals surface area (Å²) in [5.74, 6) is -1.68. The van der Waals surface area contributed by atoms with Crippen LogP contribution in [0.5, 0.6) is 0 Å². The van der Waals surface area contributed by atoms with Crippen LogP contribution in [0.15, 0.2) is 28.0 Å². The number of nitrogens with one attached hydrogen (secondary N) is 1. The number of benzene rings is 1. The van der Waals surface area contributed by atoms with Gasteiger partial charge in [-0.15, -0.1) is 11.8 Å². The molecule has 0 radical (unpaired) electrons. The molecule has 1 aromatic rings. The van der Waals surface area contributed by atoms with E-state index < -0.39 is 50.6 Å². The van der Waals surface area contributed by atoms with Crippen molar-refractivity contribution in [2.45, 2.75) is 22.6 Å². The van der Waals surface area contributed by atoms with Gasteiger partial charge < -0.3 is 9.64 Å². The lowest BCUT2D eigenvalue weighted by molar-refractivity contribution is -0.388. The average Bonchev–Trinajstić information content (AvgIpc) is 2.75. The second-order valence-electron chi connectivity index (χ2n) is 5.77. The number of amides is 1. The van der Waals surface area contributed by atoms with Gasteiger partial charge in [-0.3, -0.25) is 19.7 Å². The Kier molecular flexibility index (Phi) is 10.4. The molecular weight excluding hydrogens is 450 g/mol. The van der Waals surface area contributed by atoms with Gasteiger partial charge in [0, 0.05) is 19.2 Å². The number of thioether (sulfide) groups is 1. The first-order valence-electron chi connectivity index (χ1n) is 8.65. The lowest BCUT2D eigenvalue weighted by Crippen LogP contribution is -2.37. The molecule has 0 fully saturated rings. The normalized spacial score (nSPS) is 10.5. The number of carbonyl (C=O) groups is 2. The van der Waals surface area contributed by atoms with E-state index in [0.717, 1.165) is 23.9 Å². The Labute approximate surface area is 183 Å². The molecule has 0 spiro atoms. The highest BCUT2D eigenvalue weighted by Gasteiger charge is 2.22. The molecule has 1 N–H and O–H groups in total. The number of nitrogens with zero attached hydrogens (tertiary/aromatic N) is 4. The van der Waals surface area contributed by atoms with E-state index in [1.165, 1.54) is 11.0 Å². The van der Waals surface area contributed by atoms with Gasteiger partial charge in [0.15, 0.2) is 6.61 Å². The fraction of sp³-hybridized carbons (Fsp3) is 0.412. The Morgan fingerprint density at radius 2 is 1.87 bits per heavy atom. The monoisotopic (exact) mass is 469 g/mol. The maximum atomic E-state index is 12.3. The topological polar surface area (TPSA) is 183 Å². The number of esters is 1. The maximum absolute atomic E-state index is 12.3. The van der Waals surface area contributed by atoms with Gasteiger partial charge in [-0.25, -0.2) is 8.42 Å². The highest BCUT2D eigenvalue weighted by atomic mass is 32.2. The molecule has 0 heterocycles. The predicted octanol–water partition coefficient (Wildman–Crippen LogP) is 0.794. The zero-order valence-electron chi connectivity index (χ0n) is 16.4. The Balaban J connectivity index is 2.70. The minimum absolute atomic E-state index is 0.0341. The van der Waals surface area contributed by atoms with E-state index in [9.17, 15) is 28.1 Å². The van der Waals surface area contributed by atoms with E-state index in [1.807, 2.05) is 16.9 Å². The van der Waals surface area contributed by atoms with Crippen molar-refractivity contribution in [3.63, 3.8) is 0 Å². The Morgan fingerprint density at radius 1 is 1.26 bits per heavy atom. The summed E-state index contributed by atoms with van der Waals surface area (Å²) in [7, 11) is -4.25. The average molecular weight is 470 g/mol. The summed E-state index contributed by atoms with van der Waals surface area (Å²) < 4.78 is 31.3. The van der Waals surface area contributed by atoms with E-state index in [4.69, 9.17) is 15.3 Å². The van der Waals surface area contributed by atoms with E-state index in [0.29, 0.717) is 0 Å². The molecule has 166 valence electrons. The van der Waals surface area contributed by atoms with Gasteiger partial charge in [0.05, 0.1) is 39.7 Å². The smallest absolute Gasteiger partial charge is 0.321 e. The molecule has 0 aromatic heterocycles. The number of hydrogen-bond donors (Lipinski definition) is 1. The molecule has 0 aliphatic carbocycles. The van der Waals surface area contributed by atoms with Gasteiger partial charge in [0.2, 0.25) is 10.0 Å². The highest BCUT2D eigenvalue weighted by Crippen LogP contribution is 2.29. The van der Waals surface area contributed by atoms with Crippen LogP contribution in [0.3, 0.4) is 0 Å². The van der Waals surface area contributed by atoms with Crippen LogP contribution < -0.4 is 4.72 Å². The third-order valence-corrected chi connectivity index (χ3v) is 5.94. The zero-order chi connectivity index (χ0) is 23.4. The van der Waals surface area contributed by atoms with Gasteiger partial charge in [0.1, 0.15) is 6.54 Å². The van der Waals surface area contributed by atoms with Crippen LogP contribution in [0.4, 0.5) is 5.69 Å². The fourth-order valence-electron chi connectivity index (χ4n) is 2.23. The third-order valence-electron chi connectivity index (χ3n) is 3.76. The molecular formula is C17H19N5O7S2. The SMILES string of the molecule is CSc1ccc(S(=O)(=O)NCC(=O)OCC(=O)N(CCC#N)CCC#N)cc1[N+](=O)[O-]. The number of nitro groups is 1. The first kappa shape index (κ1) is 25.8. The molecule has 14 heteroatoms. The first-order valence-corrected chi connectivity index (χ1v) is 11.4. The number of carbonyl (C=O) groups excluding carboxylic acids is 2. The zero-order valence-corrected chi connectivity index (χ0v) is 18.1. The minimum atomic E-state index is -4.25. The summed E-state index contributed by atoms with van der Waals surface area (Å²) in [6, 6.07) is 7.05. The summed E-state index contributed by atoms with van der Waals surface area (Å²) in [6.07, 6.45) is 1.67. The van der Waals surface area contributed by atoms with Crippen LogP contribution in [0.1, 0.15) is 12.8 Å². The molecule has 0 saturated carbocycles. The van der Waals surface area contributed by atoms with Crippen molar-refractivity contribution in [1.82, 2.24) is 9.62 Å². The van der Waals surface area contributed by atoms with E-state index in [-0.39, 0.29) is 30.8 Å². The van der Waals surface area contributed by atoms with Gasteiger partial charge in [0.25, 0.3) is 11.6 Å². The number of hydrogen-bond acceptors (Lipinski definition) is 10. The summed E-state index contributed by atoms with van der Waals surface area (Å²) in [5.41, 5.74) is -0.390.